The molecule has 0 atom stereocenters. The van der Waals surface area contributed by atoms with Crippen LogP contribution in [0.4, 0.5) is 17.1 Å². The number of anilines is 3. The van der Waals surface area contributed by atoms with Crippen molar-refractivity contribution in [3.8, 4) is 55.6 Å². The average Bonchev–Trinajstić information content (AvgIpc) is 3.25. The van der Waals surface area contributed by atoms with Gasteiger partial charge in [0.1, 0.15) is 0 Å². The van der Waals surface area contributed by atoms with Crippen molar-refractivity contribution in [3.63, 3.8) is 0 Å². The minimum Gasteiger partial charge on any atom is -0.310 e. The third-order valence-corrected chi connectivity index (χ3v) is 10.1. The Bertz CT molecular complexity index is 2540. The van der Waals surface area contributed by atoms with Crippen molar-refractivity contribution in [1.29, 1.82) is 0 Å². The lowest BCUT2D eigenvalue weighted by molar-refractivity contribution is 1.28. The van der Waals surface area contributed by atoms with Gasteiger partial charge in [-0.3, -0.25) is 0 Å². The number of benzene rings is 9. The summed E-state index contributed by atoms with van der Waals surface area (Å²) in [6, 6.07) is 80.9. The molecule has 9 rings (SSSR count). The molecule has 0 unspecified atom stereocenters. The second-order valence-corrected chi connectivity index (χ2v) is 13.4. The lowest BCUT2D eigenvalue weighted by Gasteiger charge is -2.27. The molecular formula is C52H37N. The number of fused-ring (bicyclic) bond motifs is 1. The summed E-state index contributed by atoms with van der Waals surface area (Å²) in [5, 5.41) is 2.50. The summed E-state index contributed by atoms with van der Waals surface area (Å²) in [4.78, 5) is 2.37. The van der Waals surface area contributed by atoms with E-state index in [4.69, 9.17) is 0 Å². The van der Waals surface area contributed by atoms with Crippen LogP contribution < -0.4 is 4.90 Å². The molecule has 53 heavy (non-hydrogen) atoms. The highest BCUT2D eigenvalue weighted by Crippen LogP contribution is 2.42. The molecule has 9 aromatic carbocycles. The minimum absolute atomic E-state index is 1.10. The van der Waals surface area contributed by atoms with Crippen LogP contribution in [0, 0.1) is 0 Å². The fourth-order valence-corrected chi connectivity index (χ4v) is 7.33. The molecule has 0 heterocycles. The topological polar surface area (TPSA) is 3.24 Å². The van der Waals surface area contributed by atoms with Crippen molar-refractivity contribution in [2.45, 2.75) is 0 Å². The zero-order chi connectivity index (χ0) is 35.4. The second kappa shape index (κ2) is 14.3. The van der Waals surface area contributed by atoms with Crippen molar-refractivity contribution >= 4 is 27.8 Å². The molecule has 1 heteroatoms. The van der Waals surface area contributed by atoms with Crippen molar-refractivity contribution in [3.05, 3.63) is 224 Å². The predicted octanol–water partition coefficient (Wildman–Crippen LogP) is 14.6. The van der Waals surface area contributed by atoms with Gasteiger partial charge in [0.2, 0.25) is 0 Å². The maximum Gasteiger partial charge on any atom is 0.0468 e. The molecule has 1 nitrogen and oxygen atoms in total. The van der Waals surface area contributed by atoms with E-state index < -0.39 is 0 Å². The second-order valence-electron chi connectivity index (χ2n) is 13.4. The Morgan fingerprint density at radius 3 is 1.25 bits per heavy atom. The van der Waals surface area contributed by atoms with Gasteiger partial charge >= 0.3 is 0 Å². The molecule has 0 radical (unpaired) electrons. The Kier molecular flexibility index (Phi) is 8.66. The van der Waals surface area contributed by atoms with Crippen LogP contribution in [-0.4, -0.2) is 0 Å². The fourth-order valence-electron chi connectivity index (χ4n) is 7.33. The Hall–Kier alpha value is -6.96. The molecule has 0 N–H and O–H groups in total. The van der Waals surface area contributed by atoms with Gasteiger partial charge in [-0.05, 0) is 115 Å². The Morgan fingerprint density at radius 1 is 0.208 bits per heavy atom. The molecule has 0 saturated carbocycles. The first-order valence-electron chi connectivity index (χ1n) is 18.2. The molecule has 0 fully saturated rings. The van der Waals surface area contributed by atoms with Gasteiger partial charge < -0.3 is 4.90 Å². The largest absolute Gasteiger partial charge is 0.310 e. The monoisotopic (exact) mass is 675 g/mol. The third-order valence-electron chi connectivity index (χ3n) is 10.1. The summed E-state index contributed by atoms with van der Waals surface area (Å²) in [6.07, 6.45) is 0. The fraction of sp³-hybridized carbons (Fsp3) is 0. The van der Waals surface area contributed by atoms with Crippen LogP contribution >= 0.6 is 0 Å². The van der Waals surface area contributed by atoms with Gasteiger partial charge in [0.05, 0.1) is 0 Å². The first kappa shape index (κ1) is 32.0. The lowest BCUT2D eigenvalue weighted by Crippen LogP contribution is -2.10. The van der Waals surface area contributed by atoms with Crippen molar-refractivity contribution < 1.29 is 0 Å². The number of nitrogens with zero attached hydrogens (tertiary/aromatic N) is 1. The molecule has 250 valence electrons. The van der Waals surface area contributed by atoms with Crippen LogP contribution in [-0.2, 0) is 0 Å². The summed E-state index contributed by atoms with van der Waals surface area (Å²) >= 11 is 0. The highest BCUT2D eigenvalue weighted by atomic mass is 15.1. The molecule has 9 aromatic rings. The van der Waals surface area contributed by atoms with Gasteiger partial charge in [0.25, 0.3) is 0 Å². The number of rotatable bonds is 8. The SMILES string of the molecule is c1ccc(-c2ccc(N(c3ccc(-c4ccccc4)cc3)c3ccc(-c4cccc(-c5ccc6ccccc6c5)c4)c(-c4ccccc4)c3)cc2)cc1. The molecule has 0 aliphatic heterocycles. The van der Waals surface area contributed by atoms with Crippen LogP contribution in [0.15, 0.2) is 224 Å². The molecule has 0 aliphatic carbocycles. The van der Waals surface area contributed by atoms with E-state index in [-0.39, 0.29) is 0 Å². The zero-order valence-corrected chi connectivity index (χ0v) is 29.3. The summed E-state index contributed by atoms with van der Waals surface area (Å²) in [5.41, 5.74) is 15.3. The van der Waals surface area contributed by atoms with Crippen LogP contribution in [0.25, 0.3) is 66.4 Å². The van der Waals surface area contributed by atoms with Crippen molar-refractivity contribution in [1.82, 2.24) is 0 Å². The molecular weight excluding hydrogens is 639 g/mol. The summed E-state index contributed by atoms with van der Waals surface area (Å²) in [5.74, 6) is 0. The zero-order valence-electron chi connectivity index (χ0n) is 29.3. The van der Waals surface area contributed by atoms with E-state index in [1.54, 1.807) is 0 Å². The molecule has 0 amide bonds. The first-order valence-corrected chi connectivity index (χ1v) is 18.2. The van der Waals surface area contributed by atoms with Crippen molar-refractivity contribution in [2.75, 3.05) is 4.90 Å². The number of hydrogen-bond acceptors (Lipinski definition) is 1. The Labute approximate surface area is 311 Å². The van der Waals surface area contributed by atoms with E-state index >= 15 is 0 Å². The minimum atomic E-state index is 1.10. The van der Waals surface area contributed by atoms with E-state index in [9.17, 15) is 0 Å². The lowest BCUT2D eigenvalue weighted by atomic mass is 9.91. The molecule has 0 spiro atoms. The summed E-state index contributed by atoms with van der Waals surface area (Å²) < 4.78 is 0. The molecule has 0 saturated heterocycles. The average molecular weight is 676 g/mol. The standard InChI is InChI=1S/C52H37N/c1-4-13-38(14-5-1)41-25-29-48(30-26-41)53(49-31-27-42(28-32-49)39-15-6-2-7-16-39)50-33-34-51(52(37-50)43-18-8-3-9-19-43)47-22-12-21-45(36-47)46-24-23-40-17-10-11-20-44(40)35-46/h1-37H. The van der Waals surface area contributed by atoms with E-state index in [1.165, 1.54) is 66.4 Å². The predicted molar refractivity (Wildman–Crippen MR) is 226 cm³/mol. The summed E-state index contributed by atoms with van der Waals surface area (Å²) in [7, 11) is 0. The molecule has 0 aliphatic rings. The van der Waals surface area contributed by atoms with Gasteiger partial charge in [0, 0.05) is 17.1 Å². The Balaban J connectivity index is 1.16. The molecule has 0 bridgehead atoms. The maximum atomic E-state index is 2.37. The van der Waals surface area contributed by atoms with Crippen LogP contribution in [0.3, 0.4) is 0 Å². The third kappa shape index (κ3) is 6.65. The van der Waals surface area contributed by atoms with Gasteiger partial charge in [0.15, 0.2) is 0 Å². The highest BCUT2D eigenvalue weighted by molar-refractivity contribution is 5.92. The van der Waals surface area contributed by atoms with E-state index in [2.05, 4.69) is 229 Å². The van der Waals surface area contributed by atoms with Crippen molar-refractivity contribution in [2.24, 2.45) is 0 Å². The van der Waals surface area contributed by atoms with E-state index in [1.807, 2.05) is 0 Å². The van der Waals surface area contributed by atoms with Gasteiger partial charge in [-0.1, -0.05) is 176 Å². The van der Waals surface area contributed by atoms with Gasteiger partial charge in [-0.2, -0.15) is 0 Å². The van der Waals surface area contributed by atoms with Crippen LogP contribution in [0.2, 0.25) is 0 Å². The molecule has 0 aromatic heterocycles. The van der Waals surface area contributed by atoms with E-state index in [0.29, 0.717) is 0 Å². The normalized spacial score (nSPS) is 11.0. The Morgan fingerprint density at radius 2 is 0.642 bits per heavy atom. The van der Waals surface area contributed by atoms with Crippen LogP contribution in [0.5, 0.6) is 0 Å². The number of hydrogen-bond donors (Lipinski definition) is 0. The first-order chi connectivity index (χ1) is 26.3. The summed E-state index contributed by atoms with van der Waals surface area (Å²) in [6.45, 7) is 0. The maximum absolute atomic E-state index is 2.37. The quantitative estimate of drug-likeness (QED) is 0.155. The highest BCUT2D eigenvalue weighted by Gasteiger charge is 2.17. The van der Waals surface area contributed by atoms with E-state index in [0.717, 1.165) is 17.1 Å². The smallest absolute Gasteiger partial charge is 0.0468 e. The van der Waals surface area contributed by atoms with Gasteiger partial charge in [-0.25, -0.2) is 0 Å². The van der Waals surface area contributed by atoms with Gasteiger partial charge in [-0.15, -0.1) is 0 Å². The van der Waals surface area contributed by atoms with Crippen LogP contribution in [0.1, 0.15) is 0 Å².